The van der Waals surface area contributed by atoms with E-state index in [0.29, 0.717) is 0 Å². The van der Waals surface area contributed by atoms with Gasteiger partial charge < -0.3 is 15.2 Å². The number of carbonyl (C=O) groups excluding carboxylic acids is 2. The maximum atomic E-state index is 11.4. The van der Waals surface area contributed by atoms with Crippen LogP contribution in [0.1, 0.15) is 20.7 Å². The van der Waals surface area contributed by atoms with Crippen molar-refractivity contribution in [2.24, 2.45) is 0 Å². The number of nitrogen functional groups attached to an aromatic ring is 1. The highest BCUT2D eigenvalue weighted by molar-refractivity contribution is 6.06. The van der Waals surface area contributed by atoms with Crippen LogP contribution in [0.3, 0.4) is 0 Å². The highest BCUT2D eigenvalue weighted by atomic mass is 16.5. The van der Waals surface area contributed by atoms with Gasteiger partial charge in [-0.3, -0.25) is 0 Å². The van der Waals surface area contributed by atoms with Crippen molar-refractivity contribution in [2.45, 2.75) is 0 Å². The molecule has 0 aliphatic rings. The van der Waals surface area contributed by atoms with E-state index < -0.39 is 11.9 Å². The number of anilines is 1. The lowest BCUT2D eigenvalue weighted by molar-refractivity contribution is 0.0556. The van der Waals surface area contributed by atoms with E-state index >= 15 is 0 Å². The summed E-state index contributed by atoms with van der Waals surface area (Å²) in [4.78, 5) is 22.7. The molecule has 1 aromatic rings. The second-order valence-corrected chi connectivity index (χ2v) is 2.75. The molecule has 80 valence electrons. The molecule has 0 aliphatic carbocycles. The molecule has 0 bridgehead atoms. The molecule has 0 aromatic heterocycles. The van der Waals surface area contributed by atoms with Crippen molar-refractivity contribution in [3.8, 4) is 0 Å². The van der Waals surface area contributed by atoms with Crippen LogP contribution in [0.15, 0.2) is 18.2 Å². The quantitative estimate of drug-likeness (QED) is 0.576. The third kappa shape index (κ3) is 2.07. The van der Waals surface area contributed by atoms with Gasteiger partial charge in [-0.25, -0.2) is 9.59 Å². The first kappa shape index (κ1) is 11.0. The molecule has 1 aromatic carbocycles. The maximum Gasteiger partial charge on any atom is 0.340 e. The monoisotopic (exact) mass is 209 g/mol. The van der Waals surface area contributed by atoms with Gasteiger partial charge in [0.05, 0.1) is 25.3 Å². The minimum Gasteiger partial charge on any atom is -0.465 e. The predicted octanol–water partition coefficient (Wildman–Crippen LogP) is 0.842. The summed E-state index contributed by atoms with van der Waals surface area (Å²) in [5.41, 5.74) is 5.90. The van der Waals surface area contributed by atoms with E-state index in [0.717, 1.165) is 0 Å². The Labute approximate surface area is 86.8 Å². The Morgan fingerprint density at radius 1 is 1.13 bits per heavy atom. The Hall–Kier alpha value is -2.04. The van der Waals surface area contributed by atoms with Crippen molar-refractivity contribution in [1.29, 1.82) is 0 Å². The summed E-state index contributed by atoms with van der Waals surface area (Å²) in [5, 5.41) is 0. The summed E-state index contributed by atoms with van der Waals surface area (Å²) in [5.74, 6) is -1.28. The van der Waals surface area contributed by atoms with Gasteiger partial charge in [-0.15, -0.1) is 0 Å². The molecule has 0 saturated heterocycles. The van der Waals surface area contributed by atoms with Gasteiger partial charge in [0.2, 0.25) is 0 Å². The largest absolute Gasteiger partial charge is 0.465 e. The average Bonchev–Trinajstić information content (AvgIpc) is 2.26. The normalized spacial score (nSPS) is 9.47. The Morgan fingerprint density at radius 2 is 1.73 bits per heavy atom. The van der Waals surface area contributed by atoms with Crippen molar-refractivity contribution in [1.82, 2.24) is 0 Å². The van der Waals surface area contributed by atoms with E-state index in [1.165, 1.54) is 26.4 Å². The standard InChI is InChI=1S/C10H11NO4/c1-14-9(12)6-4-3-5-7(11)8(6)10(13)15-2/h3-5H,11H2,1-2H3. The van der Waals surface area contributed by atoms with Gasteiger partial charge in [0.25, 0.3) is 0 Å². The molecule has 0 atom stereocenters. The second kappa shape index (κ2) is 4.45. The first-order valence-corrected chi connectivity index (χ1v) is 4.17. The van der Waals surface area contributed by atoms with E-state index in [9.17, 15) is 9.59 Å². The molecule has 5 nitrogen and oxygen atoms in total. The molecule has 0 fully saturated rings. The van der Waals surface area contributed by atoms with Gasteiger partial charge in [0, 0.05) is 5.69 Å². The summed E-state index contributed by atoms with van der Waals surface area (Å²) < 4.78 is 9.05. The smallest absolute Gasteiger partial charge is 0.340 e. The molecular formula is C10H11NO4. The lowest BCUT2D eigenvalue weighted by Gasteiger charge is -2.08. The summed E-state index contributed by atoms with van der Waals surface area (Å²) in [6.45, 7) is 0. The SMILES string of the molecule is COC(=O)c1cccc(N)c1C(=O)OC. The molecule has 0 aliphatic heterocycles. The third-order valence-electron chi connectivity index (χ3n) is 1.89. The minimum atomic E-state index is -0.659. The van der Waals surface area contributed by atoms with Crippen LogP contribution in [-0.2, 0) is 9.47 Å². The van der Waals surface area contributed by atoms with E-state index in [1.807, 2.05) is 0 Å². The molecular weight excluding hydrogens is 198 g/mol. The second-order valence-electron chi connectivity index (χ2n) is 2.75. The molecule has 0 radical (unpaired) electrons. The number of rotatable bonds is 2. The minimum absolute atomic E-state index is 0.0341. The number of benzene rings is 1. The van der Waals surface area contributed by atoms with Crippen LogP contribution in [0.25, 0.3) is 0 Å². The Bertz CT molecular complexity index is 400. The summed E-state index contributed by atoms with van der Waals surface area (Å²) in [6, 6.07) is 4.53. The van der Waals surface area contributed by atoms with Gasteiger partial charge in [-0.1, -0.05) is 6.07 Å². The highest BCUT2D eigenvalue weighted by Gasteiger charge is 2.20. The van der Waals surface area contributed by atoms with Crippen molar-refractivity contribution in [3.63, 3.8) is 0 Å². The Morgan fingerprint density at radius 3 is 2.27 bits per heavy atom. The predicted molar refractivity (Wildman–Crippen MR) is 53.5 cm³/mol. The number of carbonyl (C=O) groups is 2. The molecule has 2 N–H and O–H groups in total. The fraction of sp³-hybridized carbons (Fsp3) is 0.200. The Balaban J connectivity index is 3.32. The molecule has 15 heavy (non-hydrogen) atoms. The Kier molecular flexibility index (Phi) is 3.28. The van der Waals surface area contributed by atoms with Crippen LogP contribution in [-0.4, -0.2) is 26.2 Å². The lowest BCUT2D eigenvalue weighted by atomic mass is 10.1. The topological polar surface area (TPSA) is 78.6 Å². The van der Waals surface area contributed by atoms with Crippen LogP contribution in [0.2, 0.25) is 0 Å². The fourth-order valence-corrected chi connectivity index (χ4v) is 1.18. The number of hydrogen-bond acceptors (Lipinski definition) is 5. The van der Waals surface area contributed by atoms with E-state index in [2.05, 4.69) is 9.47 Å². The number of hydrogen-bond donors (Lipinski definition) is 1. The molecule has 0 spiro atoms. The van der Waals surface area contributed by atoms with Crippen molar-refractivity contribution < 1.29 is 19.1 Å². The van der Waals surface area contributed by atoms with Gasteiger partial charge >= 0.3 is 11.9 Å². The summed E-state index contributed by atoms with van der Waals surface area (Å²) >= 11 is 0. The highest BCUT2D eigenvalue weighted by Crippen LogP contribution is 2.18. The van der Waals surface area contributed by atoms with Gasteiger partial charge in [-0.05, 0) is 12.1 Å². The third-order valence-corrected chi connectivity index (χ3v) is 1.89. The maximum absolute atomic E-state index is 11.4. The first-order chi connectivity index (χ1) is 7.11. The molecule has 0 unspecified atom stereocenters. The van der Waals surface area contributed by atoms with Crippen molar-refractivity contribution >= 4 is 17.6 Å². The van der Waals surface area contributed by atoms with Crippen LogP contribution in [0.4, 0.5) is 5.69 Å². The lowest BCUT2D eigenvalue weighted by Crippen LogP contribution is -2.14. The number of methoxy groups -OCH3 is 2. The van der Waals surface area contributed by atoms with E-state index in [-0.39, 0.29) is 16.8 Å². The van der Waals surface area contributed by atoms with Crippen molar-refractivity contribution in [3.05, 3.63) is 29.3 Å². The number of ether oxygens (including phenoxy) is 2. The molecule has 0 saturated carbocycles. The molecule has 0 amide bonds. The van der Waals surface area contributed by atoms with Crippen LogP contribution in [0, 0.1) is 0 Å². The van der Waals surface area contributed by atoms with Crippen molar-refractivity contribution in [2.75, 3.05) is 20.0 Å². The number of nitrogens with two attached hydrogens (primary N) is 1. The zero-order chi connectivity index (χ0) is 11.4. The average molecular weight is 209 g/mol. The van der Waals surface area contributed by atoms with Gasteiger partial charge in [-0.2, -0.15) is 0 Å². The number of esters is 2. The first-order valence-electron chi connectivity index (χ1n) is 4.17. The van der Waals surface area contributed by atoms with Crippen LogP contribution in [0.5, 0.6) is 0 Å². The molecule has 0 heterocycles. The van der Waals surface area contributed by atoms with Crippen LogP contribution < -0.4 is 5.73 Å². The summed E-state index contributed by atoms with van der Waals surface area (Å²) in [7, 11) is 2.45. The van der Waals surface area contributed by atoms with E-state index in [1.54, 1.807) is 6.07 Å². The summed E-state index contributed by atoms with van der Waals surface area (Å²) in [6.07, 6.45) is 0. The van der Waals surface area contributed by atoms with E-state index in [4.69, 9.17) is 5.73 Å². The van der Waals surface area contributed by atoms with Gasteiger partial charge in [0.1, 0.15) is 0 Å². The fourth-order valence-electron chi connectivity index (χ4n) is 1.18. The zero-order valence-corrected chi connectivity index (χ0v) is 8.44. The molecule has 1 rings (SSSR count). The zero-order valence-electron chi connectivity index (χ0n) is 8.44. The van der Waals surface area contributed by atoms with Crippen LogP contribution >= 0.6 is 0 Å². The molecule has 5 heteroatoms. The van der Waals surface area contributed by atoms with Gasteiger partial charge in [0.15, 0.2) is 0 Å².